The molecule has 2 aromatic carbocycles. The van der Waals surface area contributed by atoms with Gasteiger partial charge in [0.15, 0.2) is 0 Å². The van der Waals surface area contributed by atoms with E-state index < -0.39 is 0 Å². The molecule has 0 aliphatic carbocycles. The molecule has 0 saturated heterocycles. The second kappa shape index (κ2) is 5.51. The minimum atomic E-state index is -0.260. The van der Waals surface area contributed by atoms with Gasteiger partial charge >= 0.3 is 0 Å². The van der Waals surface area contributed by atoms with Crippen LogP contribution in [-0.2, 0) is 6.54 Å². The lowest BCUT2D eigenvalue weighted by Crippen LogP contribution is -2.22. The molecule has 3 nitrogen and oxygen atoms in total. The van der Waals surface area contributed by atoms with E-state index in [1.54, 1.807) is 12.1 Å². The minimum absolute atomic E-state index is 0.104. The molecule has 104 valence electrons. The van der Waals surface area contributed by atoms with E-state index in [4.69, 9.17) is 9.47 Å². The summed E-state index contributed by atoms with van der Waals surface area (Å²) in [6.45, 7) is 1.04. The van der Waals surface area contributed by atoms with Gasteiger partial charge in [-0.1, -0.05) is 24.3 Å². The highest BCUT2D eigenvalue weighted by atomic mass is 19.1. The van der Waals surface area contributed by atoms with Crippen LogP contribution in [0.1, 0.15) is 17.2 Å². The van der Waals surface area contributed by atoms with Crippen molar-refractivity contribution < 1.29 is 13.9 Å². The predicted octanol–water partition coefficient (Wildman–Crippen LogP) is 3.06. The highest BCUT2D eigenvalue weighted by Crippen LogP contribution is 2.31. The van der Waals surface area contributed by atoms with E-state index in [0.717, 1.165) is 11.3 Å². The number of fused-ring (bicyclic) bond motifs is 1. The van der Waals surface area contributed by atoms with E-state index in [0.29, 0.717) is 24.5 Å². The van der Waals surface area contributed by atoms with Gasteiger partial charge in [-0.2, -0.15) is 0 Å². The lowest BCUT2D eigenvalue weighted by Gasteiger charge is -2.12. The summed E-state index contributed by atoms with van der Waals surface area (Å²) in [5, 5.41) is 3.33. The number of hydrogen-bond donors (Lipinski definition) is 1. The highest BCUT2D eigenvalue weighted by Gasteiger charge is 2.23. The van der Waals surface area contributed by atoms with Gasteiger partial charge in [0.05, 0.1) is 13.2 Å². The molecule has 1 unspecified atom stereocenters. The van der Waals surface area contributed by atoms with Crippen LogP contribution in [-0.4, -0.2) is 13.7 Å². The average molecular weight is 273 g/mol. The van der Waals surface area contributed by atoms with Crippen molar-refractivity contribution in [2.24, 2.45) is 0 Å². The Morgan fingerprint density at radius 2 is 2.15 bits per heavy atom. The van der Waals surface area contributed by atoms with Gasteiger partial charge in [0.1, 0.15) is 23.9 Å². The predicted molar refractivity (Wildman–Crippen MR) is 74.5 cm³/mol. The van der Waals surface area contributed by atoms with E-state index in [1.165, 1.54) is 13.2 Å². The molecule has 0 amide bonds. The fourth-order valence-corrected chi connectivity index (χ4v) is 2.36. The van der Waals surface area contributed by atoms with E-state index in [9.17, 15) is 4.39 Å². The van der Waals surface area contributed by atoms with Crippen molar-refractivity contribution >= 4 is 0 Å². The van der Waals surface area contributed by atoms with Gasteiger partial charge < -0.3 is 14.8 Å². The highest BCUT2D eigenvalue weighted by molar-refractivity contribution is 5.39. The van der Waals surface area contributed by atoms with Crippen molar-refractivity contribution in [3.05, 3.63) is 59.4 Å². The van der Waals surface area contributed by atoms with Crippen LogP contribution in [0.25, 0.3) is 0 Å². The van der Waals surface area contributed by atoms with E-state index >= 15 is 0 Å². The quantitative estimate of drug-likeness (QED) is 0.928. The van der Waals surface area contributed by atoms with Crippen molar-refractivity contribution in [3.63, 3.8) is 0 Å². The third-order valence-corrected chi connectivity index (χ3v) is 3.50. The molecule has 0 bridgehead atoms. The molecule has 20 heavy (non-hydrogen) atoms. The molecule has 0 radical (unpaired) electrons. The smallest absolute Gasteiger partial charge is 0.131 e. The van der Waals surface area contributed by atoms with Crippen LogP contribution >= 0.6 is 0 Å². The van der Waals surface area contributed by atoms with E-state index in [2.05, 4.69) is 5.32 Å². The molecule has 1 aliphatic heterocycles. The van der Waals surface area contributed by atoms with Gasteiger partial charge in [-0.15, -0.1) is 0 Å². The number of benzene rings is 2. The zero-order valence-corrected chi connectivity index (χ0v) is 11.2. The molecule has 4 heteroatoms. The Balaban J connectivity index is 1.69. The summed E-state index contributed by atoms with van der Waals surface area (Å²) < 4.78 is 24.4. The maximum Gasteiger partial charge on any atom is 0.131 e. The topological polar surface area (TPSA) is 30.5 Å². The van der Waals surface area contributed by atoms with Crippen molar-refractivity contribution in [3.8, 4) is 11.5 Å². The normalized spacial score (nSPS) is 16.6. The number of nitrogens with one attached hydrogen (secondary N) is 1. The van der Waals surface area contributed by atoms with Crippen LogP contribution in [0.15, 0.2) is 42.5 Å². The average Bonchev–Trinajstić information content (AvgIpc) is 2.89. The molecule has 0 saturated carbocycles. The zero-order chi connectivity index (χ0) is 13.9. The first-order chi connectivity index (χ1) is 9.78. The van der Waals surface area contributed by atoms with Crippen LogP contribution < -0.4 is 14.8 Å². The summed E-state index contributed by atoms with van der Waals surface area (Å²) in [5.41, 5.74) is 1.75. The maximum atomic E-state index is 13.9. The molecule has 1 heterocycles. The fraction of sp³-hybridized carbons (Fsp3) is 0.250. The van der Waals surface area contributed by atoms with Crippen molar-refractivity contribution in [2.75, 3.05) is 13.7 Å². The standard InChI is InChI=1S/C16H16FNO2/c1-19-12-7-6-11(14(17)8-12)9-18-15-10-20-16-5-3-2-4-13(15)16/h2-8,15,18H,9-10H2,1H3. The number of ether oxygens (including phenoxy) is 2. The Hall–Kier alpha value is -2.07. The van der Waals surface area contributed by atoms with Crippen molar-refractivity contribution in [1.82, 2.24) is 5.32 Å². The zero-order valence-electron chi connectivity index (χ0n) is 11.2. The Bertz CT molecular complexity index is 615. The van der Waals surface area contributed by atoms with Crippen LogP contribution in [0, 0.1) is 5.82 Å². The molecule has 1 atom stereocenters. The summed E-state index contributed by atoms with van der Waals surface area (Å²) in [6, 6.07) is 12.9. The van der Waals surface area contributed by atoms with E-state index in [1.807, 2.05) is 24.3 Å². The Labute approximate surface area is 117 Å². The third kappa shape index (κ3) is 2.47. The van der Waals surface area contributed by atoms with Crippen LogP contribution in [0.2, 0.25) is 0 Å². The lowest BCUT2D eigenvalue weighted by atomic mass is 10.1. The van der Waals surface area contributed by atoms with Gasteiger partial charge in [0, 0.05) is 23.7 Å². The maximum absolute atomic E-state index is 13.9. The first-order valence-corrected chi connectivity index (χ1v) is 6.55. The van der Waals surface area contributed by atoms with Crippen molar-refractivity contribution in [1.29, 1.82) is 0 Å². The Morgan fingerprint density at radius 1 is 1.30 bits per heavy atom. The molecule has 3 rings (SSSR count). The summed E-state index contributed by atoms with van der Waals surface area (Å²) in [6.07, 6.45) is 0. The summed E-state index contributed by atoms with van der Waals surface area (Å²) in [7, 11) is 1.53. The molecule has 0 aromatic heterocycles. The fourth-order valence-electron chi connectivity index (χ4n) is 2.36. The molecule has 1 aliphatic rings. The Kier molecular flexibility index (Phi) is 3.56. The van der Waals surface area contributed by atoms with Gasteiger partial charge in [0.25, 0.3) is 0 Å². The summed E-state index contributed by atoms with van der Waals surface area (Å²) in [4.78, 5) is 0. The molecular formula is C16H16FNO2. The summed E-state index contributed by atoms with van der Waals surface area (Å²) >= 11 is 0. The third-order valence-electron chi connectivity index (χ3n) is 3.50. The molecular weight excluding hydrogens is 257 g/mol. The second-order valence-electron chi connectivity index (χ2n) is 4.74. The molecule has 2 aromatic rings. The number of para-hydroxylation sites is 1. The van der Waals surface area contributed by atoms with Crippen molar-refractivity contribution in [2.45, 2.75) is 12.6 Å². The van der Waals surface area contributed by atoms with Gasteiger partial charge in [-0.05, 0) is 12.1 Å². The monoisotopic (exact) mass is 273 g/mol. The number of halogens is 1. The first kappa shape index (κ1) is 12.9. The van der Waals surface area contributed by atoms with Crippen LogP contribution in [0.5, 0.6) is 11.5 Å². The number of rotatable bonds is 4. The largest absolute Gasteiger partial charge is 0.497 e. The van der Waals surface area contributed by atoms with Crippen LogP contribution in [0.3, 0.4) is 0 Å². The lowest BCUT2D eigenvalue weighted by molar-refractivity contribution is 0.310. The second-order valence-corrected chi connectivity index (χ2v) is 4.74. The summed E-state index contributed by atoms with van der Waals surface area (Å²) in [5.74, 6) is 1.17. The number of methoxy groups -OCH3 is 1. The number of hydrogen-bond acceptors (Lipinski definition) is 3. The van der Waals surface area contributed by atoms with Gasteiger partial charge in [0.2, 0.25) is 0 Å². The van der Waals surface area contributed by atoms with E-state index in [-0.39, 0.29) is 11.9 Å². The molecule has 0 fully saturated rings. The van der Waals surface area contributed by atoms with Gasteiger partial charge in [-0.3, -0.25) is 0 Å². The SMILES string of the molecule is COc1ccc(CNC2COc3ccccc32)c(F)c1. The van der Waals surface area contributed by atoms with Crippen LogP contribution in [0.4, 0.5) is 4.39 Å². The molecule has 1 N–H and O–H groups in total. The Morgan fingerprint density at radius 3 is 2.95 bits per heavy atom. The minimum Gasteiger partial charge on any atom is -0.497 e. The van der Waals surface area contributed by atoms with Gasteiger partial charge in [-0.25, -0.2) is 4.39 Å². The first-order valence-electron chi connectivity index (χ1n) is 6.55. The molecule has 0 spiro atoms.